The van der Waals surface area contributed by atoms with Gasteiger partial charge in [-0.3, -0.25) is 14.4 Å². The molecule has 0 aromatic heterocycles. The lowest BCUT2D eigenvalue weighted by Crippen LogP contribution is -2.49. The molecule has 1 N–H and O–H groups in total. The molecule has 170 valence electrons. The summed E-state index contributed by atoms with van der Waals surface area (Å²) in [5, 5.41) is 9.77. The molecule has 6 unspecified atom stereocenters. The van der Waals surface area contributed by atoms with Crippen molar-refractivity contribution in [3.05, 3.63) is 36.0 Å². The molecule has 0 amide bonds. The van der Waals surface area contributed by atoms with Crippen LogP contribution in [0.2, 0.25) is 0 Å². The quantitative estimate of drug-likeness (QED) is 0.333. The Bertz CT molecular complexity index is 807. The highest BCUT2D eigenvalue weighted by Gasteiger charge is 2.53. The van der Waals surface area contributed by atoms with Crippen LogP contribution in [0.1, 0.15) is 59.8 Å². The fraction of sp³-hybridized carbons (Fsp3) is 0.600. The molecule has 0 aliphatic heterocycles. The van der Waals surface area contributed by atoms with Crippen molar-refractivity contribution in [3.8, 4) is 0 Å². The second-order valence-electron chi connectivity index (χ2n) is 9.35. The normalized spacial score (nSPS) is 30.1. The molecule has 0 aromatic carbocycles. The number of allylic oxidation sites excluding steroid dienone is 3. The molecule has 0 bridgehead atoms. The first-order valence-corrected chi connectivity index (χ1v) is 11.0. The Hall–Kier alpha value is -2.50. The van der Waals surface area contributed by atoms with Crippen LogP contribution in [-0.2, 0) is 23.9 Å². The summed E-state index contributed by atoms with van der Waals surface area (Å²) in [5.74, 6) is -2.42. The first-order valence-electron chi connectivity index (χ1n) is 11.0. The van der Waals surface area contributed by atoms with E-state index in [0.29, 0.717) is 30.6 Å². The van der Waals surface area contributed by atoms with E-state index in [0.717, 1.165) is 12.8 Å². The number of carbonyl (C=O) groups excluding carboxylic acids is 3. The fourth-order valence-corrected chi connectivity index (χ4v) is 4.87. The van der Waals surface area contributed by atoms with E-state index in [9.17, 15) is 24.3 Å². The lowest BCUT2D eigenvalue weighted by Gasteiger charge is -2.48. The number of carboxylic acid groups (broad SMARTS) is 1. The zero-order chi connectivity index (χ0) is 23.3. The second kappa shape index (κ2) is 10.2. The number of hydrogen-bond acceptors (Lipinski definition) is 5. The number of hydrogen-bond donors (Lipinski definition) is 1. The highest BCUT2D eigenvalue weighted by Crippen LogP contribution is 2.53. The van der Waals surface area contributed by atoms with Crippen LogP contribution in [0.4, 0.5) is 0 Å². The molecule has 0 aromatic rings. The number of ketones is 1. The fourth-order valence-electron chi connectivity index (χ4n) is 4.87. The van der Waals surface area contributed by atoms with Crippen molar-refractivity contribution >= 4 is 24.0 Å². The van der Waals surface area contributed by atoms with Crippen LogP contribution < -0.4 is 0 Å². The van der Waals surface area contributed by atoms with E-state index in [4.69, 9.17) is 4.74 Å². The molecule has 0 spiro atoms. The summed E-state index contributed by atoms with van der Waals surface area (Å²) in [4.78, 5) is 48.2. The number of rotatable bonds is 9. The van der Waals surface area contributed by atoms with Gasteiger partial charge in [0.1, 0.15) is 12.4 Å². The molecule has 0 heterocycles. The van der Waals surface area contributed by atoms with Crippen molar-refractivity contribution in [2.24, 2.45) is 29.1 Å². The van der Waals surface area contributed by atoms with Crippen molar-refractivity contribution in [2.45, 2.75) is 65.9 Å². The minimum Gasteiger partial charge on any atom is -0.481 e. The maximum atomic E-state index is 12.6. The predicted octanol–water partition coefficient (Wildman–Crippen LogP) is 4.30. The molecule has 1 saturated carbocycles. The van der Waals surface area contributed by atoms with E-state index in [1.54, 1.807) is 6.92 Å². The maximum absolute atomic E-state index is 12.6. The molecular formula is C25H34O6. The lowest BCUT2D eigenvalue weighted by atomic mass is 9.56. The van der Waals surface area contributed by atoms with Gasteiger partial charge in [-0.05, 0) is 54.7 Å². The number of fused-ring (bicyclic) bond motifs is 1. The van der Waals surface area contributed by atoms with Gasteiger partial charge in [0.2, 0.25) is 0 Å². The molecule has 0 radical (unpaired) electrons. The summed E-state index contributed by atoms with van der Waals surface area (Å²) in [5.41, 5.74) is -0.226. The van der Waals surface area contributed by atoms with E-state index >= 15 is 0 Å². The van der Waals surface area contributed by atoms with Crippen molar-refractivity contribution in [1.29, 1.82) is 0 Å². The molecule has 1 fully saturated rings. The minimum absolute atomic E-state index is 0.142. The molecule has 6 nitrogen and oxygen atoms in total. The number of carbonyl (C=O) groups is 4. The zero-order valence-corrected chi connectivity index (χ0v) is 18.9. The summed E-state index contributed by atoms with van der Waals surface area (Å²) < 4.78 is 5.68. The van der Waals surface area contributed by atoms with Crippen LogP contribution in [0.15, 0.2) is 36.0 Å². The Kier molecular flexibility index (Phi) is 8.15. The van der Waals surface area contributed by atoms with Gasteiger partial charge in [-0.1, -0.05) is 46.8 Å². The standard InChI is InChI=1S/C25H34O6/c1-6-15(2)11-16(3)7-10-23(28)31-22-9-8-19(24(29)30)25(5)13-18(17(4)14-26)21(27)12-20(22)25/h7,10,12,14-16,18-19,22H,4,6,8-9,11,13H2,1-3,5H3,(H,29,30). The number of esters is 1. The Morgan fingerprint density at radius 2 is 2.03 bits per heavy atom. The van der Waals surface area contributed by atoms with Crippen LogP contribution in [0.5, 0.6) is 0 Å². The molecule has 31 heavy (non-hydrogen) atoms. The molecule has 6 heteroatoms. The number of carboxylic acids is 1. The first-order chi connectivity index (χ1) is 14.5. The van der Waals surface area contributed by atoms with Gasteiger partial charge in [-0.2, -0.15) is 0 Å². The van der Waals surface area contributed by atoms with E-state index in [1.165, 1.54) is 12.2 Å². The second-order valence-corrected chi connectivity index (χ2v) is 9.35. The maximum Gasteiger partial charge on any atom is 0.331 e. The van der Waals surface area contributed by atoms with E-state index < -0.39 is 35.3 Å². The SMILES string of the molecule is C=C(C=O)C1CC2(C)C(=CC1=O)C(OC(=O)C=CC(C)CC(C)CC)CCC2C(=O)O. The summed E-state index contributed by atoms with van der Waals surface area (Å²) in [6.07, 6.45) is 7.42. The molecule has 6 atom stereocenters. The predicted molar refractivity (Wildman–Crippen MR) is 117 cm³/mol. The Morgan fingerprint density at radius 1 is 1.35 bits per heavy atom. The monoisotopic (exact) mass is 430 g/mol. The van der Waals surface area contributed by atoms with Crippen LogP contribution in [-0.4, -0.2) is 35.2 Å². The van der Waals surface area contributed by atoms with Crippen molar-refractivity contribution in [2.75, 3.05) is 0 Å². The van der Waals surface area contributed by atoms with Gasteiger partial charge in [-0.15, -0.1) is 0 Å². The third kappa shape index (κ3) is 5.60. The van der Waals surface area contributed by atoms with Crippen LogP contribution in [0.3, 0.4) is 0 Å². The first kappa shape index (κ1) is 24.8. The third-order valence-electron chi connectivity index (χ3n) is 6.95. The molecule has 2 aliphatic rings. The lowest BCUT2D eigenvalue weighted by molar-refractivity contribution is -0.152. The summed E-state index contributed by atoms with van der Waals surface area (Å²) >= 11 is 0. The van der Waals surface area contributed by atoms with Gasteiger partial charge in [0.05, 0.1) is 11.8 Å². The topological polar surface area (TPSA) is 97.7 Å². The van der Waals surface area contributed by atoms with Gasteiger partial charge < -0.3 is 9.84 Å². The van der Waals surface area contributed by atoms with Gasteiger partial charge in [0, 0.05) is 11.5 Å². The summed E-state index contributed by atoms with van der Waals surface area (Å²) in [6, 6.07) is 0. The Balaban J connectivity index is 2.23. The van der Waals surface area contributed by atoms with Crippen molar-refractivity contribution < 1.29 is 29.0 Å². The van der Waals surface area contributed by atoms with E-state index in [2.05, 4.69) is 20.4 Å². The van der Waals surface area contributed by atoms with Crippen LogP contribution in [0, 0.1) is 29.1 Å². The highest BCUT2D eigenvalue weighted by molar-refractivity contribution is 6.00. The summed E-state index contributed by atoms with van der Waals surface area (Å²) in [6.45, 7) is 11.8. The van der Waals surface area contributed by atoms with Gasteiger partial charge in [0.25, 0.3) is 0 Å². The smallest absolute Gasteiger partial charge is 0.331 e. The van der Waals surface area contributed by atoms with Gasteiger partial charge >= 0.3 is 11.9 Å². The van der Waals surface area contributed by atoms with Crippen LogP contribution in [0.25, 0.3) is 0 Å². The molecule has 2 rings (SSSR count). The molecule has 0 saturated heterocycles. The number of aliphatic carboxylic acids is 1. The average Bonchev–Trinajstić information content (AvgIpc) is 2.71. The zero-order valence-electron chi connectivity index (χ0n) is 18.9. The Labute approximate surface area is 184 Å². The third-order valence-corrected chi connectivity index (χ3v) is 6.95. The largest absolute Gasteiger partial charge is 0.481 e. The minimum atomic E-state index is -0.957. The van der Waals surface area contributed by atoms with E-state index in [-0.39, 0.29) is 23.7 Å². The molecular weight excluding hydrogens is 396 g/mol. The summed E-state index contributed by atoms with van der Waals surface area (Å²) in [7, 11) is 0. The highest BCUT2D eigenvalue weighted by atomic mass is 16.5. The van der Waals surface area contributed by atoms with Gasteiger partial charge in [0.15, 0.2) is 5.78 Å². The number of aldehydes is 1. The van der Waals surface area contributed by atoms with Crippen molar-refractivity contribution in [3.63, 3.8) is 0 Å². The van der Waals surface area contributed by atoms with Crippen molar-refractivity contribution in [1.82, 2.24) is 0 Å². The Morgan fingerprint density at radius 3 is 2.61 bits per heavy atom. The molecule has 2 aliphatic carbocycles. The average molecular weight is 431 g/mol. The van der Waals surface area contributed by atoms with Crippen LogP contribution >= 0.6 is 0 Å². The van der Waals surface area contributed by atoms with E-state index in [1.807, 2.05) is 13.0 Å². The van der Waals surface area contributed by atoms with Gasteiger partial charge in [-0.25, -0.2) is 4.79 Å². The number of ether oxygens (including phenoxy) is 1.